The van der Waals surface area contributed by atoms with Crippen molar-refractivity contribution >= 4 is 29.3 Å². The van der Waals surface area contributed by atoms with Crippen molar-refractivity contribution in [2.24, 2.45) is 5.73 Å². The number of phenols is 1. The molecule has 0 spiro atoms. The highest BCUT2D eigenvalue weighted by molar-refractivity contribution is 7.80. The molecule has 0 atom stereocenters. The van der Waals surface area contributed by atoms with Crippen molar-refractivity contribution < 1.29 is 15.0 Å². The van der Waals surface area contributed by atoms with Crippen LogP contribution in [0, 0.1) is 0 Å². The molecule has 4 N–H and O–H groups in total. The molecule has 0 saturated heterocycles. The van der Waals surface area contributed by atoms with E-state index in [-0.39, 0.29) is 16.3 Å². The van der Waals surface area contributed by atoms with Gasteiger partial charge in [-0.1, -0.05) is 30.4 Å². The second-order valence-corrected chi connectivity index (χ2v) is 3.23. The van der Waals surface area contributed by atoms with E-state index in [9.17, 15) is 9.90 Å². The van der Waals surface area contributed by atoms with Crippen LogP contribution in [0.15, 0.2) is 29.8 Å². The van der Waals surface area contributed by atoms with Gasteiger partial charge in [-0.2, -0.15) is 0 Å². The minimum absolute atomic E-state index is 0.0208. The zero-order valence-corrected chi connectivity index (χ0v) is 8.49. The number of aliphatic carboxylic acids is 1. The van der Waals surface area contributed by atoms with Gasteiger partial charge in [-0.3, -0.25) is 0 Å². The first kappa shape index (κ1) is 11.2. The SMILES string of the molecule is NC(=S)/C(=C/c1ccccc1O)C(=O)O. The molecule has 0 aliphatic carbocycles. The molecule has 0 aliphatic heterocycles. The second-order valence-electron chi connectivity index (χ2n) is 2.79. The summed E-state index contributed by atoms with van der Waals surface area (Å²) in [6.07, 6.45) is 1.24. The summed E-state index contributed by atoms with van der Waals surface area (Å²) in [5, 5.41) is 18.2. The third kappa shape index (κ3) is 2.78. The molecule has 0 saturated carbocycles. The summed E-state index contributed by atoms with van der Waals surface area (Å²) in [5.41, 5.74) is 5.40. The summed E-state index contributed by atoms with van der Waals surface area (Å²) >= 11 is 4.58. The van der Waals surface area contributed by atoms with Gasteiger partial charge in [0.15, 0.2) is 0 Å². The first-order chi connectivity index (χ1) is 7.02. The van der Waals surface area contributed by atoms with Gasteiger partial charge in [-0.15, -0.1) is 0 Å². The maximum absolute atomic E-state index is 10.7. The number of thiocarbonyl (C=S) groups is 1. The van der Waals surface area contributed by atoms with Crippen molar-refractivity contribution in [1.29, 1.82) is 0 Å². The number of para-hydroxylation sites is 1. The van der Waals surface area contributed by atoms with Crippen molar-refractivity contribution in [3.63, 3.8) is 0 Å². The summed E-state index contributed by atoms with van der Waals surface area (Å²) in [6.45, 7) is 0. The van der Waals surface area contributed by atoms with Crippen LogP contribution in [-0.4, -0.2) is 21.2 Å². The summed E-state index contributed by atoms with van der Waals surface area (Å²) in [7, 11) is 0. The van der Waals surface area contributed by atoms with E-state index < -0.39 is 5.97 Å². The molecular weight excluding hydrogens is 214 g/mol. The fourth-order valence-electron chi connectivity index (χ4n) is 1.00. The van der Waals surface area contributed by atoms with Gasteiger partial charge >= 0.3 is 5.97 Å². The number of nitrogens with two attached hydrogens (primary N) is 1. The van der Waals surface area contributed by atoms with Crippen molar-refractivity contribution in [2.75, 3.05) is 0 Å². The van der Waals surface area contributed by atoms with Crippen LogP contribution in [0.5, 0.6) is 5.75 Å². The third-order valence-corrected chi connectivity index (χ3v) is 1.95. The zero-order valence-electron chi connectivity index (χ0n) is 7.68. The third-order valence-electron chi connectivity index (χ3n) is 1.73. The number of phenolic OH excluding ortho intramolecular Hbond substituents is 1. The average molecular weight is 223 g/mol. The summed E-state index contributed by atoms with van der Waals surface area (Å²) in [5.74, 6) is -1.24. The molecule has 15 heavy (non-hydrogen) atoms. The van der Waals surface area contributed by atoms with Crippen molar-refractivity contribution in [2.45, 2.75) is 0 Å². The number of hydrogen-bond donors (Lipinski definition) is 3. The molecule has 1 aromatic rings. The number of hydrogen-bond acceptors (Lipinski definition) is 3. The molecule has 0 amide bonds. The molecule has 0 fully saturated rings. The number of carboxylic acids is 1. The van der Waals surface area contributed by atoms with Gasteiger partial charge in [-0.25, -0.2) is 4.79 Å². The standard InChI is InChI=1S/C10H9NO3S/c11-9(15)7(10(13)14)5-6-3-1-2-4-8(6)12/h1-5,12H,(H2,11,15)(H,13,14)/b7-5-. The van der Waals surface area contributed by atoms with Crippen LogP contribution in [0.3, 0.4) is 0 Å². The minimum atomic E-state index is -1.22. The molecule has 0 aromatic heterocycles. The number of benzene rings is 1. The Morgan fingerprint density at radius 3 is 2.47 bits per heavy atom. The quantitative estimate of drug-likeness (QED) is 0.528. The monoisotopic (exact) mass is 223 g/mol. The van der Waals surface area contributed by atoms with Gasteiger partial charge in [0.2, 0.25) is 0 Å². The van der Waals surface area contributed by atoms with Crippen LogP contribution >= 0.6 is 12.2 Å². The van der Waals surface area contributed by atoms with Crippen LogP contribution in [0.4, 0.5) is 0 Å². The predicted octanol–water partition coefficient (Wildman–Crippen LogP) is 1.15. The minimum Gasteiger partial charge on any atom is -0.507 e. The maximum atomic E-state index is 10.7. The Balaban J connectivity index is 3.19. The Hall–Kier alpha value is -1.88. The molecule has 78 valence electrons. The molecule has 0 unspecified atom stereocenters. The van der Waals surface area contributed by atoms with Crippen LogP contribution in [0.25, 0.3) is 6.08 Å². The summed E-state index contributed by atoms with van der Waals surface area (Å²) < 4.78 is 0. The smallest absolute Gasteiger partial charge is 0.338 e. The van der Waals surface area contributed by atoms with Crippen LogP contribution in [0.2, 0.25) is 0 Å². The van der Waals surface area contributed by atoms with Gasteiger partial charge in [0.1, 0.15) is 10.7 Å². The molecule has 0 heterocycles. The molecule has 0 bridgehead atoms. The van der Waals surface area contributed by atoms with Crippen molar-refractivity contribution in [1.82, 2.24) is 0 Å². The first-order valence-electron chi connectivity index (χ1n) is 4.05. The van der Waals surface area contributed by atoms with Crippen LogP contribution < -0.4 is 5.73 Å². The molecular formula is C10H9NO3S. The number of aromatic hydroxyl groups is 1. The highest BCUT2D eigenvalue weighted by Crippen LogP contribution is 2.19. The largest absolute Gasteiger partial charge is 0.507 e. The Bertz CT molecular complexity index is 424. The van der Waals surface area contributed by atoms with Crippen molar-refractivity contribution in [3.05, 3.63) is 35.4 Å². The van der Waals surface area contributed by atoms with Crippen LogP contribution in [-0.2, 0) is 4.79 Å². The molecule has 4 nitrogen and oxygen atoms in total. The van der Waals surface area contributed by atoms with E-state index in [0.29, 0.717) is 5.56 Å². The number of carbonyl (C=O) groups is 1. The van der Waals surface area contributed by atoms with Gasteiger partial charge in [-0.05, 0) is 12.1 Å². The van der Waals surface area contributed by atoms with Crippen molar-refractivity contribution in [3.8, 4) is 5.75 Å². The summed E-state index contributed by atoms with van der Waals surface area (Å²) in [6, 6.07) is 6.32. The zero-order chi connectivity index (χ0) is 11.4. The fourth-order valence-corrected chi connectivity index (χ4v) is 1.15. The van der Waals surface area contributed by atoms with E-state index in [1.165, 1.54) is 12.1 Å². The normalized spacial score (nSPS) is 11.1. The maximum Gasteiger partial charge on any atom is 0.338 e. The van der Waals surface area contributed by atoms with Gasteiger partial charge in [0.05, 0.1) is 5.57 Å². The molecule has 0 radical (unpaired) electrons. The molecule has 1 rings (SSSR count). The predicted molar refractivity (Wildman–Crippen MR) is 60.5 cm³/mol. The van der Waals surface area contributed by atoms with E-state index >= 15 is 0 Å². The Labute approximate surface area is 91.7 Å². The Morgan fingerprint density at radius 1 is 1.40 bits per heavy atom. The van der Waals surface area contributed by atoms with E-state index in [1.807, 2.05) is 0 Å². The van der Waals surface area contributed by atoms with Gasteiger partial charge < -0.3 is 15.9 Å². The van der Waals surface area contributed by atoms with E-state index in [1.54, 1.807) is 18.2 Å². The number of carboxylic acid groups (broad SMARTS) is 1. The number of rotatable bonds is 3. The lowest BCUT2D eigenvalue weighted by Crippen LogP contribution is -2.18. The summed E-state index contributed by atoms with van der Waals surface area (Å²) in [4.78, 5) is 10.5. The van der Waals surface area contributed by atoms with Gasteiger partial charge in [0.25, 0.3) is 0 Å². The lowest BCUT2D eigenvalue weighted by atomic mass is 10.1. The van der Waals surface area contributed by atoms with E-state index in [2.05, 4.69) is 12.2 Å². The second kappa shape index (κ2) is 4.56. The highest BCUT2D eigenvalue weighted by Gasteiger charge is 2.11. The Kier molecular flexibility index (Phi) is 3.41. The average Bonchev–Trinajstić information content (AvgIpc) is 2.15. The highest BCUT2D eigenvalue weighted by atomic mass is 32.1. The Morgan fingerprint density at radius 2 is 2.00 bits per heavy atom. The topological polar surface area (TPSA) is 83.5 Å². The van der Waals surface area contributed by atoms with E-state index in [0.717, 1.165) is 0 Å². The lowest BCUT2D eigenvalue weighted by molar-refractivity contribution is -0.131. The molecule has 0 aliphatic rings. The van der Waals surface area contributed by atoms with E-state index in [4.69, 9.17) is 10.8 Å². The molecule has 1 aromatic carbocycles. The fraction of sp³-hybridized carbons (Fsp3) is 0. The molecule has 5 heteroatoms. The van der Waals surface area contributed by atoms with Crippen LogP contribution in [0.1, 0.15) is 5.56 Å². The lowest BCUT2D eigenvalue weighted by Gasteiger charge is -2.01. The first-order valence-corrected chi connectivity index (χ1v) is 4.46. The van der Waals surface area contributed by atoms with Gasteiger partial charge in [0, 0.05) is 5.56 Å².